The molecular weight excluding hydrogens is 478 g/mol. The number of aliphatic hydroxyl groups excluding tert-OH is 2. The second-order valence-electron chi connectivity index (χ2n) is 7.68. The second-order valence-corrected chi connectivity index (χ2v) is 10.3. The Kier molecular flexibility index (Phi) is 10.3. The third kappa shape index (κ3) is 8.05. The molecule has 1 fully saturated rings. The van der Waals surface area contributed by atoms with Gasteiger partial charge in [-0.1, -0.05) is 42.1 Å². The molecule has 2 heterocycles. The standard InChI is InChI=1S/C21H25N3O2S.C2H6O4S/c25-14-16-26-15-13-23-9-11-24(12-10-23)21-17-5-1-3-7-19(17)27-20-8-4-2-6-18(20)22-21;3-1-2-7(4,5)6/h1-8,25H,9-16H2;3H,1-2H2,(H,4,5,6). The van der Waals surface area contributed by atoms with E-state index in [1.165, 1.54) is 15.4 Å². The van der Waals surface area contributed by atoms with E-state index in [1.54, 1.807) is 11.8 Å². The molecule has 2 aromatic carbocycles. The van der Waals surface area contributed by atoms with Crippen LogP contribution in [0, 0.1) is 0 Å². The van der Waals surface area contributed by atoms with Gasteiger partial charge >= 0.3 is 0 Å². The molecule has 0 spiro atoms. The topological polar surface area (TPSA) is 123 Å². The van der Waals surface area contributed by atoms with Gasteiger partial charge in [0.15, 0.2) is 0 Å². The van der Waals surface area contributed by atoms with Crippen molar-refractivity contribution >= 4 is 33.4 Å². The molecule has 2 aliphatic heterocycles. The molecule has 0 radical (unpaired) electrons. The number of benzene rings is 2. The highest BCUT2D eigenvalue weighted by atomic mass is 32.2. The number of ether oxygens (including phenoxy) is 1. The summed E-state index contributed by atoms with van der Waals surface area (Å²) in [5, 5.41) is 16.7. The largest absolute Gasteiger partial charge is 0.395 e. The summed E-state index contributed by atoms with van der Waals surface area (Å²) in [6.45, 7) is 5.48. The third-order valence-corrected chi connectivity index (χ3v) is 7.09. The zero-order valence-electron chi connectivity index (χ0n) is 18.9. The van der Waals surface area contributed by atoms with Gasteiger partial charge in [0.25, 0.3) is 10.1 Å². The zero-order valence-corrected chi connectivity index (χ0v) is 20.5. The minimum absolute atomic E-state index is 0.0898. The smallest absolute Gasteiger partial charge is 0.267 e. The summed E-state index contributed by atoms with van der Waals surface area (Å²) in [7, 11) is -3.92. The normalized spacial score (nSPS) is 16.0. The van der Waals surface area contributed by atoms with Crippen LogP contribution in [-0.2, 0) is 14.9 Å². The Morgan fingerprint density at radius 2 is 1.59 bits per heavy atom. The number of amidine groups is 1. The minimum atomic E-state index is -3.92. The van der Waals surface area contributed by atoms with E-state index in [0.717, 1.165) is 44.2 Å². The van der Waals surface area contributed by atoms with Crippen LogP contribution in [0.15, 0.2) is 63.3 Å². The minimum Gasteiger partial charge on any atom is -0.395 e. The van der Waals surface area contributed by atoms with Gasteiger partial charge in [0.05, 0.1) is 37.9 Å². The fraction of sp³-hybridized carbons (Fsp3) is 0.435. The first-order valence-electron chi connectivity index (χ1n) is 11.1. The average Bonchev–Trinajstić information content (AvgIpc) is 2.99. The number of rotatable bonds is 7. The molecule has 0 unspecified atom stereocenters. The molecule has 9 nitrogen and oxygen atoms in total. The lowest BCUT2D eigenvalue weighted by Gasteiger charge is -2.36. The van der Waals surface area contributed by atoms with Gasteiger partial charge in [-0.2, -0.15) is 8.42 Å². The predicted octanol–water partition coefficient (Wildman–Crippen LogP) is 1.72. The molecular formula is C23H31N3O6S2. The molecule has 2 aromatic rings. The van der Waals surface area contributed by atoms with E-state index in [1.807, 2.05) is 0 Å². The predicted molar refractivity (Wildman–Crippen MR) is 133 cm³/mol. The van der Waals surface area contributed by atoms with E-state index >= 15 is 0 Å². The van der Waals surface area contributed by atoms with Gasteiger partial charge in [0.2, 0.25) is 0 Å². The Morgan fingerprint density at radius 1 is 0.912 bits per heavy atom. The fourth-order valence-corrected chi connectivity index (χ4v) is 4.82. The highest BCUT2D eigenvalue weighted by Gasteiger charge is 2.24. The summed E-state index contributed by atoms with van der Waals surface area (Å²) < 4.78 is 32.5. The highest BCUT2D eigenvalue weighted by Crippen LogP contribution is 2.40. The Hall–Kier alpha value is -1.99. The average molecular weight is 510 g/mol. The second kappa shape index (κ2) is 13.2. The van der Waals surface area contributed by atoms with Crippen molar-refractivity contribution in [1.29, 1.82) is 0 Å². The fourth-order valence-electron chi connectivity index (χ4n) is 3.57. The molecule has 11 heteroatoms. The zero-order chi connectivity index (χ0) is 24.4. The maximum Gasteiger partial charge on any atom is 0.267 e. The third-order valence-electron chi connectivity index (χ3n) is 5.25. The van der Waals surface area contributed by atoms with Crippen molar-refractivity contribution < 1.29 is 27.9 Å². The van der Waals surface area contributed by atoms with Crippen molar-refractivity contribution in [2.24, 2.45) is 4.99 Å². The number of para-hydroxylation sites is 1. The number of nitrogens with zero attached hydrogens (tertiary/aromatic N) is 3. The number of aliphatic imine (C=N–C) groups is 1. The summed E-state index contributed by atoms with van der Waals surface area (Å²) in [5.41, 5.74) is 2.27. The van der Waals surface area contributed by atoms with Gasteiger partial charge in [-0.15, -0.1) is 0 Å². The van der Waals surface area contributed by atoms with Crippen LogP contribution >= 0.6 is 11.8 Å². The van der Waals surface area contributed by atoms with Gasteiger partial charge in [-0.25, -0.2) is 4.99 Å². The molecule has 1 saturated heterocycles. The van der Waals surface area contributed by atoms with Crippen molar-refractivity contribution in [3.8, 4) is 0 Å². The van der Waals surface area contributed by atoms with Crippen LogP contribution in [-0.4, -0.2) is 104 Å². The monoisotopic (exact) mass is 509 g/mol. The SMILES string of the molecule is O=S(=O)(O)CCO.OCCOCCN1CCN(C2=Nc3ccccc3Sc3ccccc32)CC1. The quantitative estimate of drug-likeness (QED) is 0.378. The Balaban J connectivity index is 0.000000406. The maximum absolute atomic E-state index is 9.63. The van der Waals surface area contributed by atoms with Crippen molar-refractivity contribution in [3.05, 3.63) is 54.1 Å². The van der Waals surface area contributed by atoms with Crippen LogP contribution < -0.4 is 0 Å². The van der Waals surface area contributed by atoms with Gasteiger partial charge in [0, 0.05) is 48.1 Å². The first kappa shape index (κ1) is 26.6. The molecule has 0 saturated carbocycles. The van der Waals surface area contributed by atoms with Crippen LogP contribution in [0.25, 0.3) is 0 Å². The molecule has 0 bridgehead atoms. The van der Waals surface area contributed by atoms with Gasteiger partial charge < -0.3 is 19.8 Å². The molecule has 4 rings (SSSR count). The molecule has 0 amide bonds. The summed E-state index contributed by atoms with van der Waals surface area (Å²) in [5.74, 6) is 0.506. The van der Waals surface area contributed by atoms with Crippen LogP contribution in [0.1, 0.15) is 5.56 Å². The maximum atomic E-state index is 9.63. The lowest BCUT2D eigenvalue weighted by molar-refractivity contribution is 0.0652. The summed E-state index contributed by atoms with van der Waals surface area (Å²) >= 11 is 1.80. The summed E-state index contributed by atoms with van der Waals surface area (Å²) in [6.07, 6.45) is 0. The van der Waals surface area contributed by atoms with Crippen molar-refractivity contribution in [3.63, 3.8) is 0 Å². The van der Waals surface area contributed by atoms with Crippen molar-refractivity contribution in [1.82, 2.24) is 9.80 Å². The molecule has 2 aliphatic rings. The molecule has 0 aromatic heterocycles. The van der Waals surface area contributed by atoms with Crippen LogP contribution in [0.4, 0.5) is 5.69 Å². The van der Waals surface area contributed by atoms with Gasteiger partial charge in [0.1, 0.15) is 5.84 Å². The van der Waals surface area contributed by atoms with E-state index < -0.39 is 22.5 Å². The van der Waals surface area contributed by atoms with Crippen molar-refractivity contribution in [2.45, 2.75) is 9.79 Å². The lowest BCUT2D eigenvalue weighted by Crippen LogP contribution is -2.49. The van der Waals surface area contributed by atoms with Crippen LogP contribution in [0.2, 0.25) is 0 Å². The number of aliphatic hydroxyl groups is 2. The molecule has 3 N–H and O–H groups in total. The van der Waals surface area contributed by atoms with Crippen LogP contribution in [0.3, 0.4) is 0 Å². The van der Waals surface area contributed by atoms with E-state index in [9.17, 15) is 8.42 Å². The van der Waals surface area contributed by atoms with Crippen LogP contribution in [0.5, 0.6) is 0 Å². The molecule has 34 heavy (non-hydrogen) atoms. The number of piperazine rings is 1. The Morgan fingerprint density at radius 3 is 2.24 bits per heavy atom. The molecule has 186 valence electrons. The number of hydrogen-bond acceptors (Lipinski definition) is 9. The Labute approximate surface area is 204 Å². The number of fused-ring (bicyclic) bond motifs is 2. The summed E-state index contributed by atoms with van der Waals surface area (Å²) in [4.78, 5) is 12.4. The van der Waals surface area contributed by atoms with Crippen molar-refractivity contribution in [2.75, 3.05) is 64.9 Å². The first-order valence-corrected chi connectivity index (χ1v) is 13.5. The molecule has 0 atom stereocenters. The van der Waals surface area contributed by atoms with E-state index in [0.29, 0.717) is 13.2 Å². The van der Waals surface area contributed by atoms with Gasteiger partial charge in [-0.05, 0) is 18.2 Å². The molecule has 0 aliphatic carbocycles. The number of hydrogen-bond donors (Lipinski definition) is 3. The van der Waals surface area contributed by atoms with Gasteiger partial charge in [-0.3, -0.25) is 9.45 Å². The Bertz CT molecular complexity index is 1060. The lowest BCUT2D eigenvalue weighted by atomic mass is 10.1. The first-order chi connectivity index (χ1) is 16.4. The summed E-state index contributed by atoms with van der Waals surface area (Å²) in [6, 6.07) is 16.9. The highest BCUT2D eigenvalue weighted by molar-refractivity contribution is 7.99. The van der Waals surface area contributed by atoms with E-state index in [-0.39, 0.29) is 6.61 Å². The van der Waals surface area contributed by atoms with E-state index in [4.69, 9.17) is 24.5 Å². The van der Waals surface area contributed by atoms with E-state index in [2.05, 4.69) is 58.3 Å².